The van der Waals surface area contributed by atoms with Gasteiger partial charge in [-0.3, -0.25) is 0 Å². The molecule has 0 saturated carbocycles. The summed E-state index contributed by atoms with van der Waals surface area (Å²) in [6.45, 7) is 6.14. The number of nitrogens with zero attached hydrogens (tertiary/aromatic N) is 1. The van der Waals surface area contributed by atoms with Crippen LogP contribution in [0.25, 0.3) is 10.2 Å². The van der Waals surface area contributed by atoms with Crippen LogP contribution in [0.15, 0.2) is 12.1 Å². The Balaban J connectivity index is 2.70. The molecule has 3 heteroatoms. The van der Waals surface area contributed by atoms with E-state index in [1.165, 1.54) is 0 Å². The van der Waals surface area contributed by atoms with Crippen LogP contribution in [0.3, 0.4) is 0 Å². The van der Waals surface area contributed by atoms with Crippen LogP contribution in [0.2, 0.25) is 0 Å². The topological polar surface area (TPSA) is 33.1 Å². The number of phenolic OH excluding ortho intramolecular Hbond substituents is 1. The predicted octanol–water partition coefficient (Wildman–Crippen LogP) is 3.43. The molecule has 0 unspecified atom stereocenters. The van der Waals surface area contributed by atoms with Gasteiger partial charge in [-0.2, -0.15) is 0 Å². The lowest BCUT2D eigenvalue weighted by Gasteiger charge is -2.07. The first-order valence-corrected chi connectivity index (χ1v) is 5.49. The van der Waals surface area contributed by atoms with Gasteiger partial charge in [0.15, 0.2) is 0 Å². The molecule has 0 radical (unpaired) electrons. The smallest absolute Gasteiger partial charge is 0.121 e. The van der Waals surface area contributed by atoms with Gasteiger partial charge in [-0.25, -0.2) is 4.98 Å². The molecule has 2 rings (SSSR count). The highest BCUT2D eigenvalue weighted by Crippen LogP contribution is 2.32. The Morgan fingerprint density at radius 3 is 2.71 bits per heavy atom. The number of hydrogen-bond acceptors (Lipinski definition) is 3. The van der Waals surface area contributed by atoms with E-state index in [0.717, 1.165) is 20.8 Å². The van der Waals surface area contributed by atoms with Crippen molar-refractivity contribution in [2.45, 2.75) is 26.7 Å². The Labute approximate surface area is 87.2 Å². The average molecular weight is 207 g/mol. The second kappa shape index (κ2) is 3.24. The Morgan fingerprint density at radius 1 is 1.36 bits per heavy atom. The first kappa shape index (κ1) is 9.46. The third-order valence-corrected chi connectivity index (χ3v) is 3.20. The normalized spacial score (nSPS) is 11.4. The van der Waals surface area contributed by atoms with Crippen molar-refractivity contribution in [1.29, 1.82) is 0 Å². The Kier molecular flexibility index (Phi) is 2.19. The summed E-state index contributed by atoms with van der Waals surface area (Å²) in [5.74, 6) is 0.708. The van der Waals surface area contributed by atoms with E-state index in [0.29, 0.717) is 11.7 Å². The van der Waals surface area contributed by atoms with Crippen LogP contribution in [0.1, 0.15) is 30.3 Å². The summed E-state index contributed by atoms with van der Waals surface area (Å²) in [4.78, 5) is 4.33. The molecule has 0 fully saturated rings. The zero-order valence-corrected chi connectivity index (χ0v) is 9.35. The first-order valence-electron chi connectivity index (χ1n) is 4.68. The predicted molar refractivity (Wildman–Crippen MR) is 60.1 cm³/mol. The molecule has 14 heavy (non-hydrogen) atoms. The molecule has 74 valence electrons. The summed E-state index contributed by atoms with van der Waals surface area (Å²) in [7, 11) is 0. The van der Waals surface area contributed by atoms with Gasteiger partial charge < -0.3 is 5.11 Å². The molecule has 0 bridgehead atoms. The molecule has 2 nitrogen and oxygen atoms in total. The lowest BCUT2D eigenvalue weighted by molar-refractivity contribution is 0.466. The largest absolute Gasteiger partial charge is 0.508 e. The van der Waals surface area contributed by atoms with E-state index in [-0.39, 0.29) is 0 Å². The van der Waals surface area contributed by atoms with Crippen LogP contribution < -0.4 is 0 Å². The molecule has 2 aromatic rings. The number of hydrogen-bond donors (Lipinski definition) is 1. The molecule has 1 N–H and O–H groups in total. The summed E-state index contributed by atoms with van der Waals surface area (Å²) >= 11 is 1.67. The molecule has 0 saturated heterocycles. The molecule has 0 aliphatic carbocycles. The van der Waals surface area contributed by atoms with Crippen LogP contribution in [-0.4, -0.2) is 10.1 Å². The van der Waals surface area contributed by atoms with Crippen molar-refractivity contribution in [2.24, 2.45) is 0 Å². The number of aromatic hydroxyl groups is 1. The van der Waals surface area contributed by atoms with Crippen molar-refractivity contribution in [2.75, 3.05) is 0 Å². The molecular weight excluding hydrogens is 194 g/mol. The zero-order valence-electron chi connectivity index (χ0n) is 8.53. The number of aromatic nitrogens is 1. The third-order valence-electron chi connectivity index (χ3n) is 2.27. The SMILES string of the molecule is Cc1nc2cc(O)c(C(C)C)cc2s1. The molecule has 1 heterocycles. The van der Waals surface area contributed by atoms with Gasteiger partial charge in [-0.15, -0.1) is 11.3 Å². The number of fused-ring (bicyclic) bond motifs is 1. The number of benzene rings is 1. The summed E-state index contributed by atoms with van der Waals surface area (Å²) in [6.07, 6.45) is 0. The molecule has 0 aliphatic rings. The summed E-state index contributed by atoms with van der Waals surface area (Å²) in [5.41, 5.74) is 1.90. The van der Waals surface area contributed by atoms with Crippen LogP contribution in [0.4, 0.5) is 0 Å². The fourth-order valence-corrected chi connectivity index (χ4v) is 2.41. The van der Waals surface area contributed by atoms with Crippen molar-refractivity contribution in [1.82, 2.24) is 4.98 Å². The van der Waals surface area contributed by atoms with Crippen molar-refractivity contribution in [3.63, 3.8) is 0 Å². The van der Waals surface area contributed by atoms with Gasteiger partial charge in [0.1, 0.15) is 5.75 Å². The monoisotopic (exact) mass is 207 g/mol. The molecule has 0 spiro atoms. The second-order valence-electron chi connectivity index (χ2n) is 3.77. The van der Waals surface area contributed by atoms with Crippen LogP contribution in [0.5, 0.6) is 5.75 Å². The molecule has 1 aromatic heterocycles. The van der Waals surface area contributed by atoms with Gasteiger partial charge in [0, 0.05) is 6.07 Å². The highest BCUT2D eigenvalue weighted by molar-refractivity contribution is 7.18. The van der Waals surface area contributed by atoms with Crippen molar-refractivity contribution in [3.05, 3.63) is 22.7 Å². The Bertz CT molecular complexity index is 473. The van der Waals surface area contributed by atoms with Gasteiger partial charge in [0.05, 0.1) is 15.2 Å². The summed E-state index contributed by atoms with van der Waals surface area (Å²) in [5, 5.41) is 10.8. The number of rotatable bonds is 1. The molecule has 0 aliphatic heterocycles. The fourth-order valence-electron chi connectivity index (χ4n) is 1.56. The van der Waals surface area contributed by atoms with Crippen LogP contribution in [0, 0.1) is 6.92 Å². The summed E-state index contributed by atoms with van der Waals surface area (Å²) in [6, 6.07) is 3.80. The van der Waals surface area contributed by atoms with E-state index >= 15 is 0 Å². The maximum absolute atomic E-state index is 9.75. The minimum absolute atomic E-state index is 0.349. The Hall–Kier alpha value is -1.09. The minimum Gasteiger partial charge on any atom is -0.508 e. The van der Waals surface area contributed by atoms with Gasteiger partial charge in [-0.1, -0.05) is 13.8 Å². The standard InChI is InChI=1S/C11H13NOS/c1-6(2)8-4-11-9(5-10(8)13)12-7(3)14-11/h4-6,13H,1-3H3. The minimum atomic E-state index is 0.349. The third kappa shape index (κ3) is 1.48. The zero-order chi connectivity index (χ0) is 10.3. The maximum Gasteiger partial charge on any atom is 0.121 e. The first-order chi connectivity index (χ1) is 6.58. The molecular formula is C11H13NOS. The van der Waals surface area contributed by atoms with Gasteiger partial charge in [-0.05, 0) is 24.5 Å². The highest BCUT2D eigenvalue weighted by Gasteiger charge is 2.09. The van der Waals surface area contributed by atoms with E-state index in [4.69, 9.17) is 0 Å². The maximum atomic E-state index is 9.75. The highest BCUT2D eigenvalue weighted by atomic mass is 32.1. The van der Waals surface area contributed by atoms with E-state index in [1.807, 2.05) is 13.0 Å². The van der Waals surface area contributed by atoms with Crippen molar-refractivity contribution >= 4 is 21.6 Å². The molecule has 0 amide bonds. The van der Waals surface area contributed by atoms with E-state index in [1.54, 1.807) is 17.4 Å². The van der Waals surface area contributed by atoms with Gasteiger partial charge in [0.2, 0.25) is 0 Å². The van der Waals surface area contributed by atoms with E-state index in [9.17, 15) is 5.11 Å². The van der Waals surface area contributed by atoms with Crippen LogP contribution in [-0.2, 0) is 0 Å². The number of thiazole rings is 1. The van der Waals surface area contributed by atoms with Crippen molar-refractivity contribution < 1.29 is 5.11 Å². The van der Waals surface area contributed by atoms with E-state index < -0.39 is 0 Å². The van der Waals surface area contributed by atoms with Crippen LogP contribution >= 0.6 is 11.3 Å². The van der Waals surface area contributed by atoms with Crippen molar-refractivity contribution in [3.8, 4) is 5.75 Å². The Morgan fingerprint density at radius 2 is 2.07 bits per heavy atom. The van der Waals surface area contributed by atoms with Gasteiger partial charge >= 0.3 is 0 Å². The summed E-state index contributed by atoms with van der Waals surface area (Å²) < 4.78 is 1.16. The number of aryl methyl sites for hydroxylation is 1. The van der Waals surface area contributed by atoms with E-state index in [2.05, 4.69) is 18.8 Å². The lowest BCUT2D eigenvalue weighted by Crippen LogP contribution is -1.87. The fraction of sp³-hybridized carbons (Fsp3) is 0.364. The molecule has 0 atom stereocenters. The quantitative estimate of drug-likeness (QED) is 0.777. The average Bonchev–Trinajstić information content (AvgIpc) is 2.42. The lowest BCUT2D eigenvalue weighted by atomic mass is 10.0. The molecule has 1 aromatic carbocycles. The number of phenols is 1. The second-order valence-corrected chi connectivity index (χ2v) is 5.00. The van der Waals surface area contributed by atoms with Gasteiger partial charge in [0.25, 0.3) is 0 Å².